The molecular formula is C25H19NO5. The van der Waals surface area contributed by atoms with Crippen LogP contribution in [0.4, 0.5) is 5.69 Å². The van der Waals surface area contributed by atoms with Crippen molar-refractivity contribution in [2.75, 3.05) is 11.7 Å². The van der Waals surface area contributed by atoms with Gasteiger partial charge in [0.05, 0.1) is 11.6 Å². The molecule has 6 heteroatoms. The molecule has 0 aliphatic carbocycles. The van der Waals surface area contributed by atoms with E-state index in [1.54, 1.807) is 42.5 Å². The summed E-state index contributed by atoms with van der Waals surface area (Å²) in [6, 6.07) is 20.8. The number of carbonyl (C=O) groups is 2. The van der Waals surface area contributed by atoms with E-state index in [1.165, 1.54) is 4.90 Å². The summed E-state index contributed by atoms with van der Waals surface area (Å²) >= 11 is 0. The fraction of sp³-hybridized carbons (Fsp3) is 0.120. The number of Topliss-reactive ketones (excluding diaryl/α,β-unsaturated/α-hetero) is 1. The van der Waals surface area contributed by atoms with Gasteiger partial charge in [-0.2, -0.15) is 0 Å². The Morgan fingerprint density at radius 3 is 2.48 bits per heavy atom. The van der Waals surface area contributed by atoms with Gasteiger partial charge in [-0.25, -0.2) is 0 Å². The topological polar surface area (TPSA) is 76.1 Å². The Kier molecular flexibility index (Phi) is 4.47. The van der Waals surface area contributed by atoms with E-state index in [-0.39, 0.29) is 18.1 Å². The van der Waals surface area contributed by atoms with Crippen molar-refractivity contribution in [1.29, 1.82) is 0 Å². The Labute approximate surface area is 179 Å². The van der Waals surface area contributed by atoms with Crippen LogP contribution in [-0.2, 0) is 9.59 Å². The number of benzene rings is 3. The summed E-state index contributed by atoms with van der Waals surface area (Å²) in [4.78, 5) is 27.7. The molecule has 3 aromatic rings. The molecule has 1 atom stereocenters. The van der Waals surface area contributed by atoms with Crippen LogP contribution in [0.3, 0.4) is 0 Å². The number of hydrogen-bond acceptors (Lipinski definition) is 5. The van der Waals surface area contributed by atoms with Crippen LogP contribution in [0, 0.1) is 6.92 Å². The van der Waals surface area contributed by atoms with E-state index < -0.39 is 17.7 Å². The molecule has 0 saturated carbocycles. The second kappa shape index (κ2) is 7.32. The number of aliphatic hydroxyl groups is 1. The SMILES string of the molecule is Cc1cccc(C2/C(=C(/O)c3ccc4c(c3)OCO4)C(=O)C(=O)N2c2ccccc2)c1. The molecule has 1 fully saturated rings. The molecule has 0 radical (unpaired) electrons. The maximum absolute atomic E-state index is 13.1. The molecular weight excluding hydrogens is 394 g/mol. The van der Waals surface area contributed by atoms with E-state index in [4.69, 9.17) is 9.47 Å². The second-order valence-electron chi connectivity index (χ2n) is 7.49. The number of rotatable bonds is 3. The lowest BCUT2D eigenvalue weighted by Crippen LogP contribution is -2.29. The molecule has 5 rings (SSSR count). The number of fused-ring (bicyclic) bond motifs is 1. The fourth-order valence-corrected chi connectivity index (χ4v) is 4.04. The van der Waals surface area contributed by atoms with Crippen molar-refractivity contribution >= 4 is 23.1 Å². The van der Waals surface area contributed by atoms with Crippen molar-refractivity contribution in [1.82, 2.24) is 0 Å². The first-order valence-corrected chi connectivity index (χ1v) is 9.87. The van der Waals surface area contributed by atoms with Gasteiger partial charge in [0.25, 0.3) is 11.7 Å². The van der Waals surface area contributed by atoms with Gasteiger partial charge < -0.3 is 14.6 Å². The molecule has 0 spiro atoms. The molecule has 3 aromatic carbocycles. The Morgan fingerprint density at radius 1 is 0.935 bits per heavy atom. The Morgan fingerprint density at radius 2 is 1.71 bits per heavy atom. The first-order valence-electron chi connectivity index (χ1n) is 9.87. The Balaban J connectivity index is 1.71. The zero-order valence-corrected chi connectivity index (χ0v) is 16.7. The molecule has 1 saturated heterocycles. The lowest BCUT2D eigenvalue weighted by Gasteiger charge is -2.25. The highest BCUT2D eigenvalue weighted by molar-refractivity contribution is 6.51. The maximum atomic E-state index is 13.1. The van der Waals surface area contributed by atoms with Crippen LogP contribution in [-0.4, -0.2) is 23.6 Å². The highest BCUT2D eigenvalue weighted by Gasteiger charge is 2.47. The molecule has 2 heterocycles. The summed E-state index contributed by atoms with van der Waals surface area (Å²) in [5, 5.41) is 11.2. The highest BCUT2D eigenvalue weighted by Crippen LogP contribution is 2.43. The number of anilines is 1. The van der Waals surface area contributed by atoms with Crippen molar-refractivity contribution in [2.45, 2.75) is 13.0 Å². The number of hydrogen-bond donors (Lipinski definition) is 1. The van der Waals surface area contributed by atoms with E-state index in [0.29, 0.717) is 22.7 Å². The third kappa shape index (κ3) is 3.13. The number of ketones is 1. The lowest BCUT2D eigenvalue weighted by atomic mass is 9.94. The van der Waals surface area contributed by atoms with Crippen LogP contribution in [0.25, 0.3) is 5.76 Å². The third-order valence-corrected chi connectivity index (χ3v) is 5.48. The van der Waals surface area contributed by atoms with Crippen molar-refractivity contribution in [3.8, 4) is 11.5 Å². The van der Waals surface area contributed by atoms with Crippen molar-refractivity contribution in [2.24, 2.45) is 0 Å². The minimum Gasteiger partial charge on any atom is -0.507 e. The molecule has 2 aliphatic rings. The maximum Gasteiger partial charge on any atom is 0.300 e. The minimum absolute atomic E-state index is 0.0401. The third-order valence-electron chi connectivity index (χ3n) is 5.48. The van der Waals surface area contributed by atoms with Gasteiger partial charge in [-0.3, -0.25) is 14.5 Å². The van der Waals surface area contributed by atoms with Gasteiger partial charge >= 0.3 is 0 Å². The average molecular weight is 413 g/mol. The van der Waals surface area contributed by atoms with Crippen molar-refractivity contribution in [3.63, 3.8) is 0 Å². The van der Waals surface area contributed by atoms with Gasteiger partial charge in [0.2, 0.25) is 6.79 Å². The number of carbonyl (C=O) groups excluding carboxylic acids is 2. The minimum atomic E-state index is -0.757. The van der Waals surface area contributed by atoms with Crippen molar-refractivity contribution < 1.29 is 24.2 Å². The summed E-state index contributed by atoms with van der Waals surface area (Å²) in [7, 11) is 0. The van der Waals surface area contributed by atoms with Gasteiger partial charge in [-0.15, -0.1) is 0 Å². The summed E-state index contributed by atoms with van der Waals surface area (Å²) in [6.07, 6.45) is 0. The molecule has 154 valence electrons. The van der Waals surface area contributed by atoms with E-state index in [1.807, 2.05) is 37.3 Å². The number of aryl methyl sites for hydroxylation is 1. The van der Waals surface area contributed by atoms with Crippen LogP contribution in [0.15, 0.2) is 78.4 Å². The second-order valence-corrected chi connectivity index (χ2v) is 7.49. The number of nitrogens with zero attached hydrogens (tertiary/aromatic N) is 1. The largest absolute Gasteiger partial charge is 0.507 e. The lowest BCUT2D eigenvalue weighted by molar-refractivity contribution is -0.132. The van der Waals surface area contributed by atoms with E-state index >= 15 is 0 Å². The van der Waals surface area contributed by atoms with Crippen LogP contribution in [0.5, 0.6) is 11.5 Å². The molecule has 2 aliphatic heterocycles. The predicted octanol–water partition coefficient (Wildman–Crippen LogP) is 4.35. The quantitative estimate of drug-likeness (QED) is 0.393. The Hall–Kier alpha value is -4.06. The van der Waals surface area contributed by atoms with Gasteiger partial charge in [-0.05, 0) is 42.8 Å². The van der Waals surface area contributed by atoms with Crippen LogP contribution in [0.1, 0.15) is 22.7 Å². The smallest absolute Gasteiger partial charge is 0.300 e. The molecule has 0 aromatic heterocycles. The molecule has 1 unspecified atom stereocenters. The van der Waals surface area contributed by atoms with Crippen molar-refractivity contribution in [3.05, 3.63) is 95.1 Å². The zero-order valence-electron chi connectivity index (χ0n) is 16.7. The number of aliphatic hydroxyl groups excluding tert-OH is 1. The molecule has 31 heavy (non-hydrogen) atoms. The normalized spacial score (nSPS) is 19.1. The summed E-state index contributed by atoms with van der Waals surface area (Å²) in [5.74, 6) is -0.614. The van der Waals surface area contributed by atoms with Crippen LogP contribution in [0.2, 0.25) is 0 Å². The highest BCUT2D eigenvalue weighted by atomic mass is 16.7. The molecule has 1 N–H and O–H groups in total. The van der Waals surface area contributed by atoms with E-state index in [0.717, 1.165) is 11.1 Å². The van der Waals surface area contributed by atoms with Gasteiger partial charge in [0, 0.05) is 11.3 Å². The van der Waals surface area contributed by atoms with Crippen LogP contribution >= 0.6 is 0 Å². The summed E-state index contributed by atoms with van der Waals surface area (Å²) in [5.41, 5.74) is 2.73. The number of para-hydroxylation sites is 1. The summed E-state index contributed by atoms with van der Waals surface area (Å²) in [6.45, 7) is 2.04. The first-order chi connectivity index (χ1) is 15.0. The Bertz CT molecular complexity index is 1230. The van der Waals surface area contributed by atoms with E-state index in [9.17, 15) is 14.7 Å². The summed E-state index contributed by atoms with van der Waals surface area (Å²) < 4.78 is 10.7. The van der Waals surface area contributed by atoms with Gasteiger partial charge in [0.15, 0.2) is 11.5 Å². The standard InChI is InChI=1S/C25H19NO5/c1-15-6-5-7-16(12-15)22-21(23(27)17-10-11-19-20(13-17)31-14-30-19)24(28)25(29)26(22)18-8-3-2-4-9-18/h2-13,22,27H,14H2,1H3/b23-21-. The first kappa shape index (κ1) is 18.9. The average Bonchev–Trinajstić information content (AvgIpc) is 3.36. The number of ether oxygens (including phenoxy) is 2. The molecule has 1 amide bonds. The van der Waals surface area contributed by atoms with E-state index in [2.05, 4.69) is 0 Å². The zero-order chi connectivity index (χ0) is 21.5. The van der Waals surface area contributed by atoms with Crippen LogP contribution < -0.4 is 14.4 Å². The number of amides is 1. The van der Waals surface area contributed by atoms with Gasteiger partial charge in [0.1, 0.15) is 5.76 Å². The molecule has 6 nitrogen and oxygen atoms in total. The molecule has 0 bridgehead atoms. The van der Waals surface area contributed by atoms with Gasteiger partial charge in [-0.1, -0.05) is 48.0 Å². The monoisotopic (exact) mass is 413 g/mol. The fourth-order valence-electron chi connectivity index (χ4n) is 4.04. The predicted molar refractivity (Wildman–Crippen MR) is 115 cm³/mol.